The van der Waals surface area contributed by atoms with E-state index in [-0.39, 0.29) is 5.41 Å². The minimum Gasteiger partial charge on any atom is -0.472 e. The van der Waals surface area contributed by atoms with E-state index in [1.54, 1.807) is 12.5 Å². The Morgan fingerprint density at radius 1 is 1.58 bits per heavy atom. The van der Waals surface area contributed by atoms with Gasteiger partial charge in [-0.25, -0.2) is 0 Å². The molecule has 0 aliphatic carbocycles. The Morgan fingerprint density at radius 3 is 2.75 bits per heavy atom. The fourth-order valence-electron chi connectivity index (χ4n) is 1.15. The summed E-state index contributed by atoms with van der Waals surface area (Å²) in [6, 6.07) is 2.00. The molecule has 1 nitrogen and oxygen atoms in total. The molecule has 0 bridgehead atoms. The summed E-state index contributed by atoms with van der Waals surface area (Å²) < 4.78 is 5.01. The molecule has 1 aromatic heterocycles. The molecule has 1 heterocycles. The molecule has 1 rings (SSSR count). The van der Waals surface area contributed by atoms with Gasteiger partial charge < -0.3 is 4.42 Å². The van der Waals surface area contributed by atoms with Gasteiger partial charge in [0.2, 0.25) is 0 Å². The minimum absolute atomic E-state index is 0.214. The van der Waals surface area contributed by atoms with Crippen LogP contribution in [-0.2, 0) is 6.42 Å². The first-order chi connectivity index (χ1) is 5.70. The molecule has 1 unspecified atom stereocenters. The first-order valence-corrected chi connectivity index (χ1v) is 4.81. The van der Waals surface area contributed by atoms with Gasteiger partial charge in [-0.2, -0.15) is 0 Å². The van der Waals surface area contributed by atoms with Crippen LogP contribution in [0.25, 0.3) is 0 Å². The zero-order chi connectivity index (χ0) is 9.03. The number of furan rings is 1. The zero-order valence-electron chi connectivity index (χ0n) is 7.64. The highest BCUT2D eigenvalue weighted by atomic mass is 35.5. The second kappa shape index (κ2) is 3.99. The highest BCUT2D eigenvalue weighted by Crippen LogP contribution is 2.27. The fourth-order valence-corrected chi connectivity index (χ4v) is 1.44. The van der Waals surface area contributed by atoms with E-state index in [0.717, 1.165) is 12.8 Å². The van der Waals surface area contributed by atoms with Crippen molar-refractivity contribution in [3.8, 4) is 0 Å². The smallest absolute Gasteiger partial charge is 0.0934 e. The first kappa shape index (κ1) is 9.66. The summed E-state index contributed by atoms with van der Waals surface area (Å²) in [5, 5.41) is 0. The third-order valence-corrected chi connectivity index (χ3v) is 3.03. The Bertz CT molecular complexity index is 212. The van der Waals surface area contributed by atoms with Crippen LogP contribution < -0.4 is 0 Å². The van der Waals surface area contributed by atoms with E-state index in [1.807, 2.05) is 6.07 Å². The first-order valence-electron chi connectivity index (χ1n) is 4.27. The molecular weight excluding hydrogens is 172 g/mol. The van der Waals surface area contributed by atoms with Gasteiger partial charge in [0.1, 0.15) is 0 Å². The Labute approximate surface area is 78.7 Å². The average molecular weight is 187 g/mol. The van der Waals surface area contributed by atoms with Crippen LogP contribution >= 0.6 is 11.6 Å². The molecule has 0 aliphatic heterocycles. The van der Waals surface area contributed by atoms with Gasteiger partial charge in [-0.3, -0.25) is 0 Å². The zero-order valence-corrected chi connectivity index (χ0v) is 8.40. The summed E-state index contributed by atoms with van der Waals surface area (Å²) in [6.07, 6.45) is 5.60. The van der Waals surface area contributed by atoms with Crippen molar-refractivity contribution >= 4 is 11.6 Å². The van der Waals surface area contributed by atoms with Crippen molar-refractivity contribution in [3.63, 3.8) is 0 Å². The predicted octanol–water partition coefficient (Wildman–Crippen LogP) is 3.48. The van der Waals surface area contributed by atoms with Crippen molar-refractivity contribution in [1.29, 1.82) is 0 Å². The molecule has 1 atom stereocenters. The standard InChI is InChI=1S/C10H15ClO/c1-3-10(2,8-11)6-9-4-5-12-7-9/h4-5,7H,3,6,8H2,1-2H3. The van der Waals surface area contributed by atoms with E-state index in [1.165, 1.54) is 5.56 Å². The van der Waals surface area contributed by atoms with Crippen molar-refractivity contribution < 1.29 is 4.42 Å². The maximum absolute atomic E-state index is 5.90. The van der Waals surface area contributed by atoms with Gasteiger partial charge in [-0.05, 0) is 29.9 Å². The highest BCUT2D eigenvalue weighted by molar-refractivity contribution is 6.18. The van der Waals surface area contributed by atoms with Crippen molar-refractivity contribution in [1.82, 2.24) is 0 Å². The van der Waals surface area contributed by atoms with Crippen molar-refractivity contribution in [2.24, 2.45) is 5.41 Å². The summed E-state index contributed by atoms with van der Waals surface area (Å²) in [4.78, 5) is 0. The van der Waals surface area contributed by atoms with Gasteiger partial charge in [0.15, 0.2) is 0 Å². The Kier molecular flexibility index (Phi) is 3.21. The topological polar surface area (TPSA) is 13.1 Å². The Morgan fingerprint density at radius 2 is 2.33 bits per heavy atom. The predicted molar refractivity (Wildman–Crippen MR) is 51.5 cm³/mol. The van der Waals surface area contributed by atoms with Gasteiger partial charge in [0.05, 0.1) is 12.5 Å². The molecular formula is C10H15ClO. The number of hydrogen-bond donors (Lipinski definition) is 0. The lowest BCUT2D eigenvalue weighted by atomic mass is 9.84. The fraction of sp³-hybridized carbons (Fsp3) is 0.600. The van der Waals surface area contributed by atoms with Crippen molar-refractivity contribution in [2.75, 3.05) is 5.88 Å². The van der Waals surface area contributed by atoms with Crippen LogP contribution in [0.2, 0.25) is 0 Å². The molecule has 0 aromatic carbocycles. The molecule has 0 saturated carbocycles. The van der Waals surface area contributed by atoms with Gasteiger partial charge in [-0.15, -0.1) is 11.6 Å². The molecule has 0 aliphatic rings. The normalized spacial score (nSPS) is 15.9. The van der Waals surface area contributed by atoms with E-state index in [0.29, 0.717) is 5.88 Å². The number of hydrogen-bond acceptors (Lipinski definition) is 1. The number of alkyl halides is 1. The van der Waals surface area contributed by atoms with Crippen LogP contribution in [0.4, 0.5) is 0 Å². The van der Waals surface area contributed by atoms with Crippen molar-refractivity contribution in [2.45, 2.75) is 26.7 Å². The average Bonchev–Trinajstić information content (AvgIpc) is 2.57. The molecule has 0 fully saturated rings. The number of halogens is 1. The molecule has 0 N–H and O–H groups in total. The quantitative estimate of drug-likeness (QED) is 0.657. The second-order valence-electron chi connectivity index (χ2n) is 3.61. The molecule has 0 saturated heterocycles. The minimum atomic E-state index is 0.214. The summed E-state index contributed by atoms with van der Waals surface area (Å²) in [7, 11) is 0. The lowest BCUT2D eigenvalue weighted by Gasteiger charge is -2.24. The van der Waals surface area contributed by atoms with Crippen LogP contribution in [0.1, 0.15) is 25.8 Å². The van der Waals surface area contributed by atoms with Crippen LogP contribution in [0, 0.1) is 5.41 Å². The van der Waals surface area contributed by atoms with Crippen LogP contribution in [0.5, 0.6) is 0 Å². The largest absolute Gasteiger partial charge is 0.472 e. The molecule has 0 radical (unpaired) electrons. The monoisotopic (exact) mass is 186 g/mol. The highest BCUT2D eigenvalue weighted by Gasteiger charge is 2.21. The third-order valence-electron chi connectivity index (χ3n) is 2.39. The van der Waals surface area contributed by atoms with E-state index < -0.39 is 0 Å². The molecule has 0 amide bonds. The summed E-state index contributed by atoms with van der Waals surface area (Å²) >= 11 is 5.90. The Balaban J connectivity index is 2.60. The molecule has 12 heavy (non-hydrogen) atoms. The summed E-state index contributed by atoms with van der Waals surface area (Å²) in [6.45, 7) is 4.37. The van der Waals surface area contributed by atoms with Gasteiger partial charge in [0, 0.05) is 5.88 Å². The second-order valence-corrected chi connectivity index (χ2v) is 3.87. The van der Waals surface area contributed by atoms with E-state index in [4.69, 9.17) is 16.0 Å². The number of rotatable bonds is 4. The van der Waals surface area contributed by atoms with E-state index in [9.17, 15) is 0 Å². The van der Waals surface area contributed by atoms with Crippen LogP contribution in [0.15, 0.2) is 23.0 Å². The summed E-state index contributed by atoms with van der Waals surface area (Å²) in [5.41, 5.74) is 1.45. The lowest BCUT2D eigenvalue weighted by Crippen LogP contribution is -2.20. The van der Waals surface area contributed by atoms with Gasteiger partial charge in [0.25, 0.3) is 0 Å². The van der Waals surface area contributed by atoms with E-state index >= 15 is 0 Å². The molecule has 2 heteroatoms. The molecule has 0 spiro atoms. The third kappa shape index (κ3) is 2.28. The Hall–Kier alpha value is -0.430. The van der Waals surface area contributed by atoms with Gasteiger partial charge in [-0.1, -0.05) is 13.8 Å². The lowest BCUT2D eigenvalue weighted by molar-refractivity contribution is 0.354. The van der Waals surface area contributed by atoms with Crippen molar-refractivity contribution in [3.05, 3.63) is 24.2 Å². The molecule has 1 aromatic rings. The summed E-state index contributed by atoms with van der Waals surface area (Å²) in [5.74, 6) is 0.703. The maximum Gasteiger partial charge on any atom is 0.0934 e. The SMILES string of the molecule is CCC(C)(CCl)Cc1ccoc1. The molecule has 68 valence electrons. The van der Waals surface area contributed by atoms with Crippen LogP contribution in [0.3, 0.4) is 0 Å². The van der Waals surface area contributed by atoms with Gasteiger partial charge >= 0.3 is 0 Å². The van der Waals surface area contributed by atoms with E-state index in [2.05, 4.69) is 13.8 Å². The maximum atomic E-state index is 5.90. The van der Waals surface area contributed by atoms with Crippen LogP contribution in [-0.4, -0.2) is 5.88 Å².